The summed E-state index contributed by atoms with van der Waals surface area (Å²) in [6.07, 6.45) is 0.512. The maximum Gasteiger partial charge on any atom is 0.257 e. The lowest BCUT2D eigenvalue weighted by Gasteiger charge is -2.28. The number of fused-ring (bicyclic) bond motifs is 3. The van der Waals surface area contributed by atoms with E-state index in [4.69, 9.17) is 4.74 Å². The molecule has 7 nitrogen and oxygen atoms in total. The van der Waals surface area contributed by atoms with Crippen molar-refractivity contribution in [3.8, 4) is 5.75 Å². The zero-order valence-corrected chi connectivity index (χ0v) is 17.1. The average Bonchev–Trinajstić information content (AvgIpc) is 3.07. The molecule has 0 fully saturated rings. The second-order valence-electron chi connectivity index (χ2n) is 7.12. The van der Waals surface area contributed by atoms with Gasteiger partial charge in [-0.2, -0.15) is 0 Å². The highest BCUT2D eigenvalue weighted by Crippen LogP contribution is 2.41. The molecule has 29 heavy (non-hydrogen) atoms. The van der Waals surface area contributed by atoms with Crippen LogP contribution in [0.2, 0.25) is 0 Å². The van der Waals surface area contributed by atoms with Crippen molar-refractivity contribution < 1.29 is 23.5 Å². The van der Waals surface area contributed by atoms with Crippen LogP contribution in [0.15, 0.2) is 18.2 Å². The van der Waals surface area contributed by atoms with E-state index >= 15 is 0 Å². The molecule has 2 aliphatic heterocycles. The van der Waals surface area contributed by atoms with E-state index in [9.17, 15) is 18.8 Å². The fourth-order valence-electron chi connectivity index (χ4n) is 3.72. The van der Waals surface area contributed by atoms with Gasteiger partial charge in [0, 0.05) is 31.6 Å². The van der Waals surface area contributed by atoms with Gasteiger partial charge in [0.1, 0.15) is 23.1 Å². The average molecular weight is 417 g/mol. The first-order chi connectivity index (χ1) is 13.8. The second-order valence-corrected chi connectivity index (χ2v) is 8.20. The first-order valence-electron chi connectivity index (χ1n) is 9.11. The van der Waals surface area contributed by atoms with Gasteiger partial charge >= 0.3 is 0 Å². The number of methoxy groups -OCH3 is 1. The molecule has 0 atom stereocenters. The molecule has 0 saturated carbocycles. The molecule has 0 bridgehead atoms. The molecule has 1 aromatic carbocycles. The van der Waals surface area contributed by atoms with Crippen LogP contribution >= 0.6 is 11.3 Å². The summed E-state index contributed by atoms with van der Waals surface area (Å²) in [4.78, 5) is 43.7. The molecule has 152 valence electrons. The number of ether oxygens (including phenoxy) is 1. The number of anilines is 1. The number of halogens is 1. The largest absolute Gasteiger partial charge is 0.496 e. The van der Waals surface area contributed by atoms with Crippen LogP contribution in [0, 0.1) is 5.82 Å². The summed E-state index contributed by atoms with van der Waals surface area (Å²) >= 11 is 1.37. The third-order valence-electron chi connectivity index (χ3n) is 5.33. The number of rotatable bonds is 2. The molecule has 2 aliphatic rings. The predicted octanol–water partition coefficient (Wildman–Crippen LogP) is 2.14. The number of benzene rings is 1. The monoisotopic (exact) mass is 417 g/mol. The number of thiophene rings is 1. The molecule has 0 saturated heterocycles. The van der Waals surface area contributed by atoms with Crippen LogP contribution in [0.1, 0.15) is 31.2 Å². The number of hydrogen-bond donors (Lipinski definition) is 0. The summed E-state index contributed by atoms with van der Waals surface area (Å²) in [5, 5.41) is 0.628. The Labute approximate surface area is 171 Å². The number of carbonyl (C=O) groups excluding carboxylic acids is 3. The molecule has 0 aliphatic carbocycles. The Kier molecular flexibility index (Phi) is 4.77. The predicted molar refractivity (Wildman–Crippen MR) is 106 cm³/mol. The molecular weight excluding hydrogens is 397 g/mol. The van der Waals surface area contributed by atoms with Crippen molar-refractivity contribution in [1.82, 2.24) is 9.80 Å². The van der Waals surface area contributed by atoms with Crippen molar-refractivity contribution in [2.45, 2.75) is 13.0 Å². The topological polar surface area (TPSA) is 70.2 Å². The highest BCUT2D eigenvalue weighted by atomic mass is 32.1. The first-order valence-corrected chi connectivity index (χ1v) is 9.92. The van der Waals surface area contributed by atoms with Gasteiger partial charge in [-0.05, 0) is 24.1 Å². The first kappa shape index (κ1) is 19.4. The van der Waals surface area contributed by atoms with E-state index in [1.54, 1.807) is 19.0 Å². The molecule has 3 amide bonds. The number of likely N-dealkylation sites (N-methyl/N-ethyl adjacent to an activating group) is 2. The number of amides is 3. The van der Waals surface area contributed by atoms with Gasteiger partial charge in [-0.1, -0.05) is 0 Å². The minimum atomic E-state index is -0.475. The smallest absolute Gasteiger partial charge is 0.257 e. The third-order valence-corrected chi connectivity index (χ3v) is 6.62. The molecule has 0 radical (unpaired) electrons. The highest BCUT2D eigenvalue weighted by Gasteiger charge is 2.36. The maximum atomic E-state index is 13.5. The summed E-state index contributed by atoms with van der Waals surface area (Å²) in [5.41, 5.74) is 1.75. The molecule has 9 heteroatoms. The maximum absolute atomic E-state index is 13.5. The summed E-state index contributed by atoms with van der Waals surface area (Å²) in [5.74, 6) is -0.872. The van der Waals surface area contributed by atoms with Crippen LogP contribution in [0.3, 0.4) is 0 Å². The van der Waals surface area contributed by atoms with Gasteiger partial charge in [-0.25, -0.2) is 4.39 Å². The number of carbonyl (C=O) groups is 3. The number of nitrogens with zero attached hydrogens (tertiary/aromatic N) is 3. The summed E-state index contributed by atoms with van der Waals surface area (Å²) in [6, 6.07) is 3.83. The Hall–Kier alpha value is -2.94. The Morgan fingerprint density at radius 3 is 2.69 bits per heavy atom. The second kappa shape index (κ2) is 7.14. The van der Waals surface area contributed by atoms with Crippen LogP contribution in [-0.2, 0) is 17.8 Å². The van der Waals surface area contributed by atoms with Gasteiger partial charge in [0.15, 0.2) is 0 Å². The van der Waals surface area contributed by atoms with E-state index in [2.05, 4.69) is 0 Å². The summed E-state index contributed by atoms with van der Waals surface area (Å²) in [7, 11) is 4.68. The van der Waals surface area contributed by atoms with Gasteiger partial charge in [-0.15, -0.1) is 11.3 Å². The lowest BCUT2D eigenvalue weighted by atomic mass is 10.0. The van der Waals surface area contributed by atoms with Crippen molar-refractivity contribution in [3.63, 3.8) is 0 Å². The zero-order valence-electron chi connectivity index (χ0n) is 16.3. The Morgan fingerprint density at radius 1 is 1.21 bits per heavy atom. The van der Waals surface area contributed by atoms with Crippen molar-refractivity contribution in [3.05, 3.63) is 45.6 Å². The van der Waals surface area contributed by atoms with Crippen LogP contribution in [0.5, 0.6) is 5.75 Å². The van der Waals surface area contributed by atoms with Crippen molar-refractivity contribution in [2.24, 2.45) is 0 Å². The minimum absolute atomic E-state index is 0.0421. The van der Waals surface area contributed by atoms with Crippen LogP contribution < -0.4 is 9.64 Å². The lowest BCUT2D eigenvalue weighted by Crippen LogP contribution is -2.37. The fourth-order valence-corrected chi connectivity index (χ4v) is 5.05. The Balaban J connectivity index is 1.68. The van der Waals surface area contributed by atoms with Crippen LogP contribution in [0.4, 0.5) is 9.39 Å². The van der Waals surface area contributed by atoms with Crippen molar-refractivity contribution in [1.29, 1.82) is 0 Å². The number of hydrogen-bond acceptors (Lipinski definition) is 5. The van der Waals surface area contributed by atoms with E-state index in [0.29, 0.717) is 35.6 Å². The van der Waals surface area contributed by atoms with E-state index in [-0.39, 0.29) is 30.0 Å². The highest BCUT2D eigenvalue weighted by molar-refractivity contribution is 7.17. The molecule has 1 aromatic heterocycles. The zero-order chi connectivity index (χ0) is 20.9. The molecule has 0 spiro atoms. The molecule has 3 heterocycles. The Morgan fingerprint density at radius 2 is 1.97 bits per heavy atom. The minimum Gasteiger partial charge on any atom is -0.496 e. The van der Waals surface area contributed by atoms with Gasteiger partial charge < -0.3 is 19.4 Å². The molecule has 2 aromatic rings. The molecular formula is C20H20FN3O4S. The van der Waals surface area contributed by atoms with E-state index in [1.807, 2.05) is 0 Å². The van der Waals surface area contributed by atoms with E-state index in [1.165, 1.54) is 46.4 Å². The van der Waals surface area contributed by atoms with Gasteiger partial charge in [0.25, 0.3) is 11.8 Å². The standard InChI is InChI=1S/C20H20FN3O4S/c1-22-10-16(25)23(2)20-17(19(22)27)13-6-7-24(9-15(13)29-20)18(26)12-5-4-11(21)8-14(12)28-3/h4-5,8H,6-7,9-10H2,1-3H3. The summed E-state index contributed by atoms with van der Waals surface area (Å²) in [6.45, 7) is 0.788. The molecule has 4 rings (SSSR count). The van der Waals surface area contributed by atoms with Crippen molar-refractivity contribution in [2.75, 3.05) is 39.2 Å². The SMILES string of the molecule is COc1cc(F)ccc1C(=O)N1CCc2c(sc3c2C(=O)N(C)CC(=O)N3C)C1. The van der Waals surface area contributed by atoms with Gasteiger partial charge in [0.2, 0.25) is 5.91 Å². The normalized spacial score (nSPS) is 16.5. The Bertz CT molecular complexity index is 1030. The lowest BCUT2D eigenvalue weighted by molar-refractivity contribution is -0.118. The third kappa shape index (κ3) is 3.15. The van der Waals surface area contributed by atoms with Crippen LogP contribution in [-0.4, -0.2) is 61.8 Å². The summed E-state index contributed by atoms with van der Waals surface area (Å²) < 4.78 is 18.6. The van der Waals surface area contributed by atoms with Crippen LogP contribution in [0.25, 0.3) is 0 Å². The van der Waals surface area contributed by atoms with E-state index < -0.39 is 5.82 Å². The molecule has 0 N–H and O–H groups in total. The van der Waals surface area contributed by atoms with Gasteiger partial charge in [0.05, 0.1) is 24.8 Å². The van der Waals surface area contributed by atoms with E-state index in [0.717, 1.165) is 10.4 Å². The molecule has 0 unspecified atom stereocenters. The van der Waals surface area contributed by atoms with Crippen molar-refractivity contribution >= 4 is 34.1 Å². The van der Waals surface area contributed by atoms with Gasteiger partial charge in [-0.3, -0.25) is 14.4 Å². The quantitative estimate of drug-likeness (QED) is 0.751. The fraction of sp³-hybridized carbons (Fsp3) is 0.350.